The third-order valence-electron chi connectivity index (χ3n) is 5.37. The van der Waals surface area contributed by atoms with Crippen LogP contribution in [0.3, 0.4) is 0 Å². The van der Waals surface area contributed by atoms with Crippen molar-refractivity contribution in [1.82, 2.24) is 9.62 Å². The van der Waals surface area contributed by atoms with Crippen LogP contribution in [0.5, 0.6) is 0 Å². The fraction of sp³-hybridized carbons (Fsp3) is 0.500. The topological polar surface area (TPSA) is 104 Å². The lowest BCUT2D eigenvalue weighted by atomic mass is 9.89. The zero-order valence-electron chi connectivity index (χ0n) is 12.9. The van der Waals surface area contributed by atoms with E-state index in [1.807, 2.05) is 0 Å². The molecule has 7 nitrogen and oxygen atoms in total. The van der Waals surface area contributed by atoms with E-state index in [-0.39, 0.29) is 16.8 Å². The Balaban J connectivity index is 1.73. The van der Waals surface area contributed by atoms with Crippen LogP contribution in [0.4, 0.5) is 0 Å². The second-order valence-corrected chi connectivity index (χ2v) is 8.48. The lowest BCUT2D eigenvalue weighted by molar-refractivity contribution is -0.142. The van der Waals surface area contributed by atoms with Crippen LogP contribution in [-0.2, 0) is 21.2 Å². The molecule has 2 fully saturated rings. The molecule has 0 spiro atoms. The van der Waals surface area contributed by atoms with Crippen LogP contribution in [0.15, 0.2) is 23.1 Å². The molecule has 3 atom stereocenters. The quantitative estimate of drug-likeness (QED) is 0.831. The molecular formula is C16H18N2O5S. The summed E-state index contributed by atoms with van der Waals surface area (Å²) < 4.78 is 27.5. The normalized spacial score (nSPS) is 29.3. The number of rotatable bonds is 3. The van der Waals surface area contributed by atoms with Gasteiger partial charge in [-0.25, -0.2) is 8.42 Å². The van der Waals surface area contributed by atoms with Gasteiger partial charge < -0.3 is 10.4 Å². The molecule has 128 valence electrons. The van der Waals surface area contributed by atoms with Gasteiger partial charge in [-0.05, 0) is 43.4 Å². The van der Waals surface area contributed by atoms with Crippen LogP contribution < -0.4 is 5.32 Å². The van der Waals surface area contributed by atoms with Crippen LogP contribution >= 0.6 is 0 Å². The molecule has 1 aromatic rings. The predicted molar refractivity (Wildman–Crippen MR) is 84.1 cm³/mol. The number of aliphatic carboxylic acids is 1. The minimum atomic E-state index is -3.81. The van der Waals surface area contributed by atoms with E-state index in [1.54, 1.807) is 6.07 Å². The maximum atomic E-state index is 13.1. The second-order valence-electron chi connectivity index (χ2n) is 6.64. The van der Waals surface area contributed by atoms with Crippen molar-refractivity contribution in [2.45, 2.75) is 42.7 Å². The number of amides is 1. The number of fused-ring (bicyclic) bond motifs is 3. The van der Waals surface area contributed by atoms with Gasteiger partial charge >= 0.3 is 5.97 Å². The fourth-order valence-electron chi connectivity index (χ4n) is 4.25. The lowest BCUT2D eigenvalue weighted by Gasteiger charge is -2.24. The van der Waals surface area contributed by atoms with E-state index in [9.17, 15) is 23.1 Å². The van der Waals surface area contributed by atoms with Crippen LogP contribution in [0.25, 0.3) is 0 Å². The number of hydrogen-bond acceptors (Lipinski definition) is 4. The molecule has 8 heteroatoms. The van der Waals surface area contributed by atoms with Crippen LogP contribution in [0.2, 0.25) is 0 Å². The van der Waals surface area contributed by atoms with Gasteiger partial charge in [0.15, 0.2) is 0 Å². The summed E-state index contributed by atoms with van der Waals surface area (Å²) in [6.45, 7) is 0.550. The monoisotopic (exact) mass is 350 g/mol. The van der Waals surface area contributed by atoms with Crippen LogP contribution in [0.1, 0.15) is 35.2 Å². The van der Waals surface area contributed by atoms with E-state index >= 15 is 0 Å². The summed E-state index contributed by atoms with van der Waals surface area (Å²) >= 11 is 0. The van der Waals surface area contributed by atoms with E-state index in [0.29, 0.717) is 37.8 Å². The minimum absolute atomic E-state index is 0.0706. The lowest BCUT2D eigenvalue weighted by Crippen LogP contribution is -2.38. The highest BCUT2D eigenvalue weighted by atomic mass is 32.2. The molecule has 4 rings (SSSR count). The second kappa shape index (κ2) is 5.29. The minimum Gasteiger partial charge on any atom is -0.481 e. The molecule has 2 saturated heterocycles. The Morgan fingerprint density at radius 3 is 2.79 bits per heavy atom. The van der Waals surface area contributed by atoms with Gasteiger partial charge in [-0.2, -0.15) is 4.31 Å². The third kappa shape index (κ3) is 2.16. The Bertz CT molecular complexity index is 835. The molecule has 3 aliphatic rings. The van der Waals surface area contributed by atoms with Crippen molar-refractivity contribution >= 4 is 21.9 Å². The molecule has 0 aliphatic carbocycles. The van der Waals surface area contributed by atoms with Crippen LogP contribution in [0, 0.1) is 5.92 Å². The molecular weight excluding hydrogens is 332 g/mol. The fourth-order valence-corrected chi connectivity index (χ4v) is 6.19. The van der Waals surface area contributed by atoms with Gasteiger partial charge in [0.1, 0.15) is 0 Å². The molecule has 0 aromatic heterocycles. The SMILES string of the molecule is O=C1NCCc2ccc(S(=O)(=O)N3C4CCC3C(C(=O)O)C4)cc21. The molecule has 0 saturated carbocycles. The van der Waals surface area contributed by atoms with Crippen molar-refractivity contribution in [1.29, 1.82) is 0 Å². The first kappa shape index (κ1) is 15.6. The van der Waals surface area contributed by atoms with Gasteiger partial charge in [0, 0.05) is 24.2 Å². The molecule has 3 aliphatic heterocycles. The van der Waals surface area contributed by atoms with Gasteiger partial charge in [-0.15, -0.1) is 0 Å². The Morgan fingerprint density at radius 2 is 2.08 bits per heavy atom. The highest BCUT2D eigenvalue weighted by molar-refractivity contribution is 7.89. The number of hydrogen-bond donors (Lipinski definition) is 2. The number of sulfonamides is 1. The number of carbonyl (C=O) groups excluding carboxylic acids is 1. The molecule has 2 bridgehead atoms. The predicted octanol–water partition coefficient (Wildman–Crippen LogP) is 0.599. The Labute approximate surface area is 139 Å². The highest BCUT2D eigenvalue weighted by Crippen LogP contribution is 2.45. The maximum absolute atomic E-state index is 13.1. The van der Waals surface area contributed by atoms with Gasteiger partial charge in [-0.1, -0.05) is 6.07 Å². The zero-order chi connectivity index (χ0) is 17.1. The largest absolute Gasteiger partial charge is 0.481 e. The average molecular weight is 350 g/mol. The van der Waals surface area contributed by atoms with E-state index in [2.05, 4.69) is 5.32 Å². The van der Waals surface area contributed by atoms with Gasteiger partial charge in [0.05, 0.1) is 10.8 Å². The van der Waals surface area contributed by atoms with Gasteiger partial charge in [0.2, 0.25) is 10.0 Å². The van der Waals surface area contributed by atoms with Crippen LogP contribution in [-0.4, -0.2) is 48.3 Å². The van der Waals surface area contributed by atoms with E-state index in [0.717, 1.165) is 5.56 Å². The Hall–Kier alpha value is -1.93. The molecule has 0 radical (unpaired) electrons. The van der Waals surface area contributed by atoms with Crippen molar-refractivity contribution in [2.24, 2.45) is 5.92 Å². The summed E-state index contributed by atoms with van der Waals surface area (Å²) in [6, 6.07) is 3.90. The first-order valence-corrected chi connectivity index (χ1v) is 9.51. The highest BCUT2D eigenvalue weighted by Gasteiger charge is 2.54. The summed E-state index contributed by atoms with van der Waals surface area (Å²) in [5, 5.41) is 12.0. The molecule has 1 amide bonds. The first-order chi connectivity index (χ1) is 11.4. The van der Waals surface area contributed by atoms with Crippen molar-refractivity contribution in [3.63, 3.8) is 0 Å². The van der Waals surface area contributed by atoms with Crippen molar-refractivity contribution in [2.75, 3.05) is 6.54 Å². The van der Waals surface area contributed by atoms with E-state index < -0.39 is 28.0 Å². The number of benzene rings is 1. The molecule has 1 aromatic carbocycles. The third-order valence-corrected chi connectivity index (χ3v) is 7.35. The van der Waals surface area contributed by atoms with Gasteiger partial charge in [-0.3, -0.25) is 9.59 Å². The summed E-state index contributed by atoms with van der Waals surface area (Å²) in [5.74, 6) is -1.84. The summed E-state index contributed by atoms with van der Waals surface area (Å²) in [6.07, 6.45) is 2.31. The average Bonchev–Trinajstić information content (AvgIpc) is 3.13. The zero-order valence-corrected chi connectivity index (χ0v) is 13.8. The number of carboxylic acid groups (broad SMARTS) is 1. The van der Waals surface area contributed by atoms with E-state index in [4.69, 9.17) is 0 Å². The number of nitrogens with zero attached hydrogens (tertiary/aromatic N) is 1. The number of nitrogens with one attached hydrogen (secondary N) is 1. The maximum Gasteiger partial charge on any atom is 0.308 e. The van der Waals surface area contributed by atoms with Crippen molar-refractivity contribution in [3.8, 4) is 0 Å². The Morgan fingerprint density at radius 1 is 1.29 bits per heavy atom. The van der Waals surface area contributed by atoms with Crippen molar-refractivity contribution in [3.05, 3.63) is 29.3 Å². The van der Waals surface area contributed by atoms with Gasteiger partial charge in [0.25, 0.3) is 5.91 Å². The Kier molecular flexibility index (Phi) is 3.43. The summed E-state index contributed by atoms with van der Waals surface area (Å²) in [5.41, 5.74) is 1.23. The molecule has 24 heavy (non-hydrogen) atoms. The van der Waals surface area contributed by atoms with Crippen molar-refractivity contribution < 1.29 is 23.1 Å². The first-order valence-electron chi connectivity index (χ1n) is 8.07. The molecule has 3 unspecified atom stereocenters. The number of carboxylic acids is 1. The summed E-state index contributed by atoms with van der Waals surface area (Å²) in [4.78, 5) is 23.4. The molecule has 3 heterocycles. The van der Waals surface area contributed by atoms with E-state index in [1.165, 1.54) is 16.4 Å². The smallest absolute Gasteiger partial charge is 0.308 e. The number of carbonyl (C=O) groups is 2. The standard InChI is InChI=1S/C16H18N2O5S/c19-15-12-8-11(3-1-9(12)5-6-17-15)24(22,23)18-10-2-4-14(18)13(7-10)16(20)21/h1,3,8,10,13-14H,2,4-7H2,(H,17,19)(H,20,21). The molecule has 2 N–H and O–H groups in total. The summed E-state index contributed by atoms with van der Waals surface area (Å²) in [7, 11) is -3.81.